The Morgan fingerprint density at radius 1 is 1.50 bits per heavy atom. The fourth-order valence-corrected chi connectivity index (χ4v) is 4.27. The van der Waals surface area contributed by atoms with Crippen molar-refractivity contribution in [3.05, 3.63) is 12.2 Å². The van der Waals surface area contributed by atoms with Crippen molar-refractivity contribution in [3.63, 3.8) is 0 Å². The first-order valence-corrected chi connectivity index (χ1v) is 8.75. The molecule has 3 N–H and O–H groups in total. The van der Waals surface area contributed by atoms with Crippen LogP contribution in [0.2, 0.25) is 0 Å². The summed E-state index contributed by atoms with van der Waals surface area (Å²) in [6.07, 6.45) is 5.85. The normalized spacial score (nSPS) is 27.9. The molecule has 124 valence electrons. The van der Waals surface area contributed by atoms with Crippen molar-refractivity contribution < 1.29 is 19.8 Å². The highest BCUT2D eigenvalue weighted by atomic mass is 32.2. The second-order valence-corrected chi connectivity index (χ2v) is 7.02. The molecule has 1 amide bonds. The average Bonchev–Trinajstić information content (AvgIpc) is 2.48. The quantitative estimate of drug-likeness (QED) is 0.466. The van der Waals surface area contributed by atoms with E-state index in [1.54, 1.807) is 6.92 Å². The van der Waals surface area contributed by atoms with Gasteiger partial charge in [-0.1, -0.05) is 12.2 Å². The molecule has 0 aromatic carbocycles. The summed E-state index contributed by atoms with van der Waals surface area (Å²) in [6.45, 7) is 3.39. The van der Waals surface area contributed by atoms with Gasteiger partial charge in [-0.15, -0.1) is 11.8 Å². The van der Waals surface area contributed by atoms with Gasteiger partial charge in [-0.2, -0.15) is 0 Å². The Bertz CT molecular complexity index is 435. The summed E-state index contributed by atoms with van der Waals surface area (Å²) in [6, 6.07) is 0. The summed E-state index contributed by atoms with van der Waals surface area (Å²) < 4.78 is 0. The number of aliphatic hydroxyl groups excluding tert-OH is 1. The number of carbonyl (C=O) groups is 2. The maximum atomic E-state index is 11.9. The van der Waals surface area contributed by atoms with E-state index in [1.807, 2.05) is 0 Å². The van der Waals surface area contributed by atoms with Crippen LogP contribution < -0.4 is 5.32 Å². The number of nitrogens with zero attached hydrogens (tertiary/aromatic N) is 1. The first-order chi connectivity index (χ1) is 10.5. The molecule has 2 saturated heterocycles. The lowest BCUT2D eigenvalue weighted by Crippen LogP contribution is -2.63. The molecule has 2 aliphatic heterocycles. The lowest BCUT2D eigenvalue weighted by atomic mass is 9.93. The maximum absolute atomic E-state index is 11.9. The number of nitrogens with one attached hydrogen (secondary N) is 1. The molecule has 2 heterocycles. The fourth-order valence-electron chi connectivity index (χ4n) is 2.94. The Hall–Kier alpha value is -1.05. The van der Waals surface area contributed by atoms with Gasteiger partial charge in [-0.3, -0.25) is 9.59 Å². The van der Waals surface area contributed by atoms with Gasteiger partial charge in [-0.05, 0) is 38.8 Å². The van der Waals surface area contributed by atoms with E-state index >= 15 is 0 Å². The number of β-lactam (4-membered cyclic amide) rings is 1. The third kappa shape index (κ3) is 4.24. The number of hydrogen-bond acceptors (Lipinski definition) is 5. The molecule has 2 rings (SSSR count). The largest absolute Gasteiger partial charge is 0.480 e. The molecule has 0 aromatic rings. The summed E-state index contributed by atoms with van der Waals surface area (Å²) in [7, 11) is 0. The summed E-state index contributed by atoms with van der Waals surface area (Å²) in [5, 5.41) is 21.6. The predicted octanol–water partition coefficient (Wildman–Crippen LogP) is 0.525. The summed E-state index contributed by atoms with van der Waals surface area (Å²) in [4.78, 5) is 24.1. The van der Waals surface area contributed by atoms with E-state index in [2.05, 4.69) is 17.5 Å². The molecule has 0 saturated carbocycles. The van der Waals surface area contributed by atoms with Crippen LogP contribution in [0, 0.1) is 11.8 Å². The standard InChI is InChI=1S/C15H24N2O4S/c1-10(18)13-14(21)17(9-12(19)20)15(13)22-8-2-3-11-4-6-16-7-5-11/h2-3,10-11,13,15-16,18H,4-9H2,1H3,(H,19,20)/b3-2+. The van der Waals surface area contributed by atoms with E-state index in [1.165, 1.54) is 16.7 Å². The fraction of sp³-hybridized carbons (Fsp3) is 0.733. The lowest BCUT2D eigenvalue weighted by molar-refractivity contribution is -0.162. The van der Waals surface area contributed by atoms with Crippen molar-refractivity contribution in [1.29, 1.82) is 0 Å². The van der Waals surface area contributed by atoms with E-state index in [0.717, 1.165) is 31.7 Å². The number of aliphatic carboxylic acids is 1. The number of aliphatic hydroxyl groups is 1. The topological polar surface area (TPSA) is 89.9 Å². The molecule has 0 aliphatic carbocycles. The first kappa shape index (κ1) is 17.3. The molecule has 3 unspecified atom stereocenters. The van der Waals surface area contributed by atoms with Crippen molar-refractivity contribution in [1.82, 2.24) is 10.2 Å². The van der Waals surface area contributed by atoms with Gasteiger partial charge in [0.05, 0.1) is 17.4 Å². The van der Waals surface area contributed by atoms with Crippen LogP contribution in [0.1, 0.15) is 19.8 Å². The second kappa shape index (κ2) is 7.99. The van der Waals surface area contributed by atoms with Crippen molar-refractivity contribution in [2.75, 3.05) is 25.4 Å². The van der Waals surface area contributed by atoms with Gasteiger partial charge >= 0.3 is 5.97 Å². The zero-order chi connectivity index (χ0) is 16.1. The maximum Gasteiger partial charge on any atom is 0.323 e. The van der Waals surface area contributed by atoms with Crippen molar-refractivity contribution in [3.8, 4) is 0 Å². The zero-order valence-corrected chi connectivity index (χ0v) is 13.6. The number of rotatable bonds is 7. The smallest absolute Gasteiger partial charge is 0.323 e. The van der Waals surface area contributed by atoms with Gasteiger partial charge < -0.3 is 20.4 Å². The molecular weight excluding hydrogens is 304 g/mol. The predicted molar refractivity (Wildman–Crippen MR) is 85.5 cm³/mol. The SMILES string of the molecule is CC(O)C1C(=O)N(CC(=O)O)C1SC/C=C/C1CCNCC1. The highest BCUT2D eigenvalue weighted by Crippen LogP contribution is 2.37. The number of piperidine rings is 1. The van der Waals surface area contributed by atoms with Gasteiger partial charge in [0, 0.05) is 5.75 Å². The molecule has 7 heteroatoms. The van der Waals surface area contributed by atoms with Crippen molar-refractivity contribution >= 4 is 23.6 Å². The molecule has 0 radical (unpaired) electrons. The molecular formula is C15H24N2O4S. The molecule has 2 fully saturated rings. The Morgan fingerprint density at radius 3 is 2.77 bits per heavy atom. The highest BCUT2D eigenvalue weighted by molar-refractivity contribution is 8.00. The minimum absolute atomic E-state index is 0.249. The molecule has 3 atom stereocenters. The Kier molecular flexibility index (Phi) is 6.28. The summed E-state index contributed by atoms with van der Waals surface area (Å²) >= 11 is 1.52. The van der Waals surface area contributed by atoms with Crippen molar-refractivity contribution in [2.45, 2.75) is 31.2 Å². The number of carboxylic acid groups (broad SMARTS) is 1. The van der Waals surface area contributed by atoms with E-state index in [4.69, 9.17) is 5.11 Å². The van der Waals surface area contributed by atoms with Crippen molar-refractivity contribution in [2.24, 2.45) is 11.8 Å². The van der Waals surface area contributed by atoms with Crippen LogP contribution >= 0.6 is 11.8 Å². The Balaban J connectivity index is 1.83. The zero-order valence-electron chi connectivity index (χ0n) is 12.8. The number of hydrogen-bond donors (Lipinski definition) is 3. The van der Waals surface area contributed by atoms with Gasteiger partial charge in [0.1, 0.15) is 6.54 Å². The molecule has 2 aliphatic rings. The molecule has 22 heavy (non-hydrogen) atoms. The molecule has 0 bridgehead atoms. The lowest BCUT2D eigenvalue weighted by Gasteiger charge is -2.47. The van der Waals surface area contributed by atoms with Crippen LogP contribution in [-0.2, 0) is 9.59 Å². The number of amides is 1. The number of allylic oxidation sites excluding steroid dienone is 1. The minimum atomic E-state index is -1.02. The molecule has 0 spiro atoms. The Labute approximate surface area is 134 Å². The van der Waals surface area contributed by atoms with Gasteiger partial charge in [0.25, 0.3) is 0 Å². The van der Waals surface area contributed by atoms with E-state index in [-0.39, 0.29) is 17.8 Å². The number of thioether (sulfide) groups is 1. The molecule has 6 nitrogen and oxygen atoms in total. The third-order valence-electron chi connectivity index (χ3n) is 4.16. The van der Waals surface area contributed by atoms with Crippen LogP contribution in [0.4, 0.5) is 0 Å². The average molecular weight is 328 g/mol. The van der Waals surface area contributed by atoms with Crippen LogP contribution in [0.3, 0.4) is 0 Å². The van der Waals surface area contributed by atoms with Crippen LogP contribution in [0.25, 0.3) is 0 Å². The highest BCUT2D eigenvalue weighted by Gasteiger charge is 2.50. The van der Waals surface area contributed by atoms with Gasteiger partial charge in [-0.25, -0.2) is 0 Å². The summed E-state index contributed by atoms with van der Waals surface area (Å²) in [5.41, 5.74) is 0. The van der Waals surface area contributed by atoms with Crippen LogP contribution in [0.15, 0.2) is 12.2 Å². The van der Waals surface area contributed by atoms with E-state index < -0.39 is 18.0 Å². The second-order valence-electron chi connectivity index (χ2n) is 5.87. The van der Waals surface area contributed by atoms with Gasteiger partial charge in [0.2, 0.25) is 5.91 Å². The third-order valence-corrected chi connectivity index (χ3v) is 5.44. The molecule has 0 aromatic heterocycles. The van der Waals surface area contributed by atoms with Gasteiger partial charge in [0.15, 0.2) is 0 Å². The number of likely N-dealkylation sites (tertiary alicyclic amines) is 1. The number of carbonyl (C=O) groups excluding carboxylic acids is 1. The van der Waals surface area contributed by atoms with Crippen LogP contribution in [-0.4, -0.2) is 63.9 Å². The monoisotopic (exact) mass is 328 g/mol. The van der Waals surface area contributed by atoms with Crippen LogP contribution in [0.5, 0.6) is 0 Å². The minimum Gasteiger partial charge on any atom is -0.480 e. The first-order valence-electron chi connectivity index (χ1n) is 7.70. The van der Waals surface area contributed by atoms with E-state index in [0.29, 0.717) is 5.92 Å². The summed E-state index contributed by atoms with van der Waals surface area (Å²) in [5.74, 6) is -0.448. The Morgan fingerprint density at radius 2 is 2.18 bits per heavy atom. The number of carboxylic acids is 1. The van der Waals surface area contributed by atoms with E-state index in [9.17, 15) is 14.7 Å².